The average Bonchev–Trinajstić information content (AvgIpc) is 3.03. The van der Waals surface area contributed by atoms with Gasteiger partial charge in [-0.05, 0) is 44.7 Å². The lowest BCUT2D eigenvalue weighted by Gasteiger charge is -2.28. The predicted octanol–water partition coefficient (Wildman–Crippen LogP) is 4.65. The van der Waals surface area contributed by atoms with Crippen LogP contribution in [-0.4, -0.2) is 30.5 Å². The summed E-state index contributed by atoms with van der Waals surface area (Å²) in [7, 11) is 0. The van der Waals surface area contributed by atoms with Crippen LogP contribution in [0.4, 0.5) is 0 Å². The van der Waals surface area contributed by atoms with Crippen LogP contribution >= 0.6 is 36.2 Å². The molecule has 28 heavy (non-hydrogen) atoms. The third-order valence-electron chi connectivity index (χ3n) is 5.20. The standard InChI is InChI=1S/C21H29N3OS.2ClH/c1-15(18-9-6-11-22-14-18)13-19(25)23-12-10-20-24-21(16(2)26-20)17-7-4-3-5-8-17;;/h3-5,7-8,15,18,22H,6,9-14H2,1-2H3,(H,23,25);2*1H. The fraction of sp³-hybridized carbons (Fsp3) is 0.524. The number of rotatable bonds is 7. The van der Waals surface area contributed by atoms with Gasteiger partial charge in [-0.15, -0.1) is 36.2 Å². The molecule has 0 saturated carbocycles. The summed E-state index contributed by atoms with van der Waals surface area (Å²) in [6.07, 6.45) is 3.88. The molecule has 2 N–H and O–H groups in total. The largest absolute Gasteiger partial charge is 0.356 e. The average molecular weight is 444 g/mol. The molecular formula is C21H31Cl2N3OS. The normalized spacial score (nSPS) is 17.1. The highest BCUT2D eigenvalue weighted by Crippen LogP contribution is 2.27. The van der Waals surface area contributed by atoms with E-state index in [-0.39, 0.29) is 30.7 Å². The van der Waals surface area contributed by atoms with Gasteiger partial charge in [0.2, 0.25) is 5.91 Å². The molecule has 3 rings (SSSR count). The van der Waals surface area contributed by atoms with E-state index in [1.54, 1.807) is 11.3 Å². The van der Waals surface area contributed by atoms with Crippen LogP contribution in [0, 0.1) is 18.8 Å². The van der Waals surface area contributed by atoms with Gasteiger partial charge in [-0.1, -0.05) is 37.3 Å². The first kappa shape index (κ1) is 24.9. The van der Waals surface area contributed by atoms with Crippen molar-refractivity contribution in [3.05, 3.63) is 40.2 Å². The van der Waals surface area contributed by atoms with E-state index in [0.717, 1.165) is 35.8 Å². The molecule has 0 bridgehead atoms. The van der Waals surface area contributed by atoms with Gasteiger partial charge in [0.15, 0.2) is 0 Å². The lowest BCUT2D eigenvalue weighted by atomic mass is 9.85. The number of aryl methyl sites for hydroxylation is 1. The molecule has 2 aromatic rings. The number of aromatic nitrogens is 1. The van der Waals surface area contributed by atoms with Gasteiger partial charge < -0.3 is 10.6 Å². The van der Waals surface area contributed by atoms with Gasteiger partial charge in [0.25, 0.3) is 0 Å². The molecule has 1 aliphatic heterocycles. The van der Waals surface area contributed by atoms with E-state index in [4.69, 9.17) is 4.98 Å². The predicted molar refractivity (Wildman–Crippen MR) is 123 cm³/mol. The minimum absolute atomic E-state index is 0. The van der Waals surface area contributed by atoms with Crippen LogP contribution in [0.1, 0.15) is 36.1 Å². The third-order valence-corrected chi connectivity index (χ3v) is 6.23. The van der Waals surface area contributed by atoms with Gasteiger partial charge in [0, 0.05) is 29.8 Å². The Morgan fingerprint density at radius 3 is 2.75 bits per heavy atom. The van der Waals surface area contributed by atoms with Crippen molar-refractivity contribution in [3.8, 4) is 11.3 Å². The molecule has 0 radical (unpaired) electrons. The Morgan fingerprint density at radius 1 is 1.32 bits per heavy atom. The Labute approximate surface area is 184 Å². The second-order valence-electron chi connectivity index (χ2n) is 7.27. The molecule has 1 amide bonds. The maximum atomic E-state index is 12.2. The Hall–Kier alpha value is -1.14. The lowest BCUT2D eigenvalue weighted by Crippen LogP contribution is -2.36. The summed E-state index contributed by atoms with van der Waals surface area (Å²) in [4.78, 5) is 18.2. The number of piperidine rings is 1. The zero-order valence-corrected chi connectivity index (χ0v) is 19.0. The van der Waals surface area contributed by atoms with Gasteiger partial charge in [0.05, 0.1) is 10.7 Å². The molecule has 4 nitrogen and oxygen atoms in total. The fourth-order valence-corrected chi connectivity index (χ4v) is 4.58. The minimum Gasteiger partial charge on any atom is -0.356 e. The molecule has 1 aromatic heterocycles. The number of amides is 1. The number of halogens is 2. The molecule has 7 heteroatoms. The van der Waals surface area contributed by atoms with Crippen molar-refractivity contribution in [2.24, 2.45) is 11.8 Å². The summed E-state index contributed by atoms with van der Waals surface area (Å²) in [5, 5.41) is 7.60. The second kappa shape index (κ2) is 12.4. The van der Waals surface area contributed by atoms with Crippen molar-refractivity contribution in [2.45, 2.75) is 39.5 Å². The van der Waals surface area contributed by atoms with Crippen LogP contribution < -0.4 is 10.6 Å². The Balaban J connectivity index is 0.00000196. The number of carbonyl (C=O) groups is 1. The van der Waals surface area contributed by atoms with Crippen molar-refractivity contribution in [1.29, 1.82) is 0 Å². The summed E-state index contributed by atoms with van der Waals surface area (Å²) in [5.74, 6) is 1.23. The molecule has 1 saturated heterocycles. The Bertz CT molecular complexity index is 718. The quantitative estimate of drug-likeness (QED) is 0.654. The number of hydrogen-bond acceptors (Lipinski definition) is 4. The van der Waals surface area contributed by atoms with E-state index in [1.807, 2.05) is 18.2 Å². The molecule has 156 valence electrons. The summed E-state index contributed by atoms with van der Waals surface area (Å²) in [6.45, 7) is 7.15. The van der Waals surface area contributed by atoms with Gasteiger partial charge in [-0.3, -0.25) is 4.79 Å². The van der Waals surface area contributed by atoms with Crippen LogP contribution in [0.3, 0.4) is 0 Å². The molecule has 2 atom stereocenters. The van der Waals surface area contributed by atoms with E-state index >= 15 is 0 Å². The number of benzene rings is 1. The monoisotopic (exact) mass is 443 g/mol. The minimum atomic E-state index is 0. The van der Waals surface area contributed by atoms with Crippen LogP contribution in [0.2, 0.25) is 0 Å². The van der Waals surface area contributed by atoms with E-state index in [9.17, 15) is 4.79 Å². The summed E-state index contributed by atoms with van der Waals surface area (Å²) in [6, 6.07) is 10.3. The Morgan fingerprint density at radius 2 is 2.07 bits per heavy atom. The number of nitrogens with zero attached hydrogens (tertiary/aromatic N) is 1. The first-order valence-corrected chi connectivity index (χ1v) is 10.4. The lowest BCUT2D eigenvalue weighted by molar-refractivity contribution is -0.122. The van der Waals surface area contributed by atoms with Crippen molar-refractivity contribution in [1.82, 2.24) is 15.6 Å². The first-order valence-electron chi connectivity index (χ1n) is 9.62. The van der Waals surface area contributed by atoms with Crippen molar-refractivity contribution >= 4 is 42.1 Å². The van der Waals surface area contributed by atoms with Crippen molar-refractivity contribution < 1.29 is 4.79 Å². The molecule has 2 heterocycles. The van der Waals surface area contributed by atoms with Crippen molar-refractivity contribution in [2.75, 3.05) is 19.6 Å². The second-order valence-corrected chi connectivity index (χ2v) is 8.55. The van der Waals surface area contributed by atoms with Crippen LogP contribution in [0.25, 0.3) is 11.3 Å². The zero-order chi connectivity index (χ0) is 18.4. The molecule has 2 unspecified atom stereocenters. The molecule has 0 spiro atoms. The van der Waals surface area contributed by atoms with E-state index < -0.39 is 0 Å². The summed E-state index contributed by atoms with van der Waals surface area (Å²) < 4.78 is 0. The van der Waals surface area contributed by atoms with Crippen molar-refractivity contribution in [3.63, 3.8) is 0 Å². The SMILES string of the molecule is Cc1sc(CCNC(=O)CC(C)C2CCCNC2)nc1-c1ccccc1.Cl.Cl. The van der Waals surface area contributed by atoms with Gasteiger partial charge in [-0.25, -0.2) is 4.98 Å². The van der Waals surface area contributed by atoms with Crippen LogP contribution in [0.5, 0.6) is 0 Å². The molecule has 1 fully saturated rings. The first-order chi connectivity index (χ1) is 12.6. The maximum absolute atomic E-state index is 12.2. The van der Waals surface area contributed by atoms with Crippen LogP contribution in [0.15, 0.2) is 30.3 Å². The maximum Gasteiger partial charge on any atom is 0.220 e. The smallest absolute Gasteiger partial charge is 0.220 e. The molecule has 0 aliphatic carbocycles. The highest BCUT2D eigenvalue weighted by Gasteiger charge is 2.21. The zero-order valence-electron chi connectivity index (χ0n) is 16.6. The number of nitrogens with one attached hydrogen (secondary N) is 2. The number of hydrogen-bond donors (Lipinski definition) is 2. The molecule has 1 aromatic carbocycles. The van der Waals surface area contributed by atoms with E-state index in [1.165, 1.54) is 17.7 Å². The fourth-order valence-electron chi connectivity index (χ4n) is 3.63. The number of thiazole rings is 1. The highest BCUT2D eigenvalue weighted by atomic mass is 35.5. The molecular weight excluding hydrogens is 413 g/mol. The summed E-state index contributed by atoms with van der Waals surface area (Å²) in [5.41, 5.74) is 2.22. The molecule has 1 aliphatic rings. The van der Waals surface area contributed by atoms with Crippen LogP contribution in [-0.2, 0) is 11.2 Å². The highest BCUT2D eigenvalue weighted by molar-refractivity contribution is 7.12. The van der Waals surface area contributed by atoms with Gasteiger partial charge in [-0.2, -0.15) is 0 Å². The van der Waals surface area contributed by atoms with E-state index in [0.29, 0.717) is 24.8 Å². The summed E-state index contributed by atoms with van der Waals surface area (Å²) >= 11 is 1.73. The third kappa shape index (κ3) is 7.03. The Kier molecular flexibility index (Phi) is 11.1. The topological polar surface area (TPSA) is 54.0 Å². The van der Waals surface area contributed by atoms with E-state index in [2.05, 4.69) is 36.6 Å². The number of carbonyl (C=O) groups excluding carboxylic acids is 1. The van der Waals surface area contributed by atoms with Gasteiger partial charge in [0.1, 0.15) is 0 Å². The van der Waals surface area contributed by atoms with Gasteiger partial charge >= 0.3 is 0 Å².